The van der Waals surface area contributed by atoms with Crippen LogP contribution in [0.25, 0.3) is 0 Å². The van der Waals surface area contributed by atoms with Crippen molar-refractivity contribution in [1.82, 2.24) is 0 Å². The largest absolute Gasteiger partial charge is 0.380 e. The van der Waals surface area contributed by atoms with Crippen molar-refractivity contribution in [3.05, 3.63) is 29.8 Å². The van der Waals surface area contributed by atoms with Crippen molar-refractivity contribution in [1.29, 1.82) is 0 Å². The van der Waals surface area contributed by atoms with Gasteiger partial charge in [0, 0.05) is 5.41 Å². The standard InChI is InChI=1S/C14H20O2P/c1-10(2)17(16)12-9-7-6-8-11(12)13(15)14(3,4)5/h6-10H,1-5H3/q+1. The first-order valence-electron chi connectivity index (χ1n) is 5.85. The molecule has 0 aromatic heterocycles. The van der Waals surface area contributed by atoms with Crippen LogP contribution in [-0.4, -0.2) is 11.4 Å². The van der Waals surface area contributed by atoms with Crippen LogP contribution in [0, 0.1) is 5.41 Å². The Morgan fingerprint density at radius 2 is 1.71 bits per heavy atom. The normalized spacial score (nSPS) is 12.7. The fourth-order valence-electron chi connectivity index (χ4n) is 1.54. The highest BCUT2D eigenvalue weighted by Gasteiger charge is 2.33. The molecule has 0 heterocycles. The average molecular weight is 251 g/mol. The lowest BCUT2D eigenvalue weighted by Crippen LogP contribution is -2.25. The van der Waals surface area contributed by atoms with Crippen molar-refractivity contribution in [3.8, 4) is 0 Å². The molecule has 92 valence electrons. The Hall–Kier alpha value is -1.01. The number of hydrogen-bond donors (Lipinski definition) is 0. The second-order valence-electron chi connectivity index (χ2n) is 5.52. The number of benzene rings is 1. The molecule has 0 amide bonds. The summed E-state index contributed by atoms with van der Waals surface area (Å²) >= 11 is 0. The van der Waals surface area contributed by atoms with Crippen molar-refractivity contribution in [3.63, 3.8) is 0 Å². The lowest BCUT2D eigenvalue weighted by atomic mass is 9.86. The van der Waals surface area contributed by atoms with E-state index in [0.29, 0.717) is 10.9 Å². The molecule has 0 N–H and O–H groups in total. The molecule has 3 heteroatoms. The number of Topliss-reactive ketones (excluding diaryl/α,β-unsaturated/α-hetero) is 1. The molecule has 0 aliphatic heterocycles. The van der Waals surface area contributed by atoms with Crippen LogP contribution < -0.4 is 5.30 Å². The molecule has 1 aromatic rings. The number of carbonyl (C=O) groups excluding carboxylic acids is 1. The summed E-state index contributed by atoms with van der Waals surface area (Å²) in [6.45, 7) is 9.48. The molecule has 0 aliphatic carbocycles. The van der Waals surface area contributed by atoms with Gasteiger partial charge in [-0.2, -0.15) is 0 Å². The maximum absolute atomic E-state index is 12.3. The van der Waals surface area contributed by atoms with E-state index < -0.39 is 13.2 Å². The van der Waals surface area contributed by atoms with Crippen molar-refractivity contribution in [2.75, 3.05) is 0 Å². The fourth-order valence-corrected chi connectivity index (χ4v) is 2.74. The summed E-state index contributed by atoms with van der Waals surface area (Å²) in [4.78, 5) is 12.3. The van der Waals surface area contributed by atoms with Crippen LogP contribution in [0.4, 0.5) is 0 Å². The van der Waals surface area contributed by atoms with Gasteiger partial charge in [-0.3, -0.25) is 4.79 Å². The van der Waals surface area contributed by atoms with Gasteiger partial charge in [0.2, 0.25) is 5.30 Å². The first-order valence-corrected chi connectivity index (χ1v) is 7.18. The lowest BCUT2D eigenvalue weighted by Gasteiger charge is -2.16. The van der Waals surface area contributed by atoms with Gasteiger partial charge in [0.15, 0.2) is 11.4 Å². The molecule has 1 atom stereocenters. The quantitative estimate of drug-likeness (QED) is 0.605. The van der Waals surface area contributed by atoms with Gasteiger partial charge in [-0.15, -0.1) is 0 Å². The number of carbonyl (C=O) groups is 1. The Morgan fingerprint density at radius 3 is 2.18 bits per heavy atom. The number of rotatable bonds is 3. The third kappa shape index (κ3) is 3.23. The summed E-state index contributed by atoms with van der Waals surface area (Å²) in [7, 11) is -1.51. The molecule has 1 aromatic carbocycles. The van der Waals surface area contributed by atoms with Gasteiger partial charge in [-0.1, -0.05) is 37.5 Å². The van der Waals surface area contributed by atoms with E-state index in [2.05, 4.69) is 0 Å². The van der Waals surface area contributed by atoms with E-state index in [-0.39, 0.29) is 11.4 Å². The van der Waals surface area contributed by atoms with Crippen LogP contribution in [0.2, 0.25) is 0 Å². The minimum atomic E-state index is -1.51. The third-order valence-electron chi connectivity index (χ3n) is 2.54. The summed E-state index contributed by atoms with van der Waals surface area (Å²) in [6.07, 6.45) is 0. The maximum atomic E-state index is 12.3. The Bertz CT molecular complexity index is 442. The van der Waals surface area contributed by atoms with E-state index >= 15 is 0 Å². The highest BCUT2D eigenvalue weighted by molar-refractivity contribution is 7.54. The van der Waals surface area contributed by atoms with Gasteiger partial charge in [-0.05, 0) is 26.0 Å². The molecule has 2 nitrogen and oxygen atoms in total. The second-order valence-corrected chi connectivity index (χ2v) is 7.68. The van der Waals surface area contributed by atoms with Crippen molar-refractivity contribution in [2.24, 2.45) is 5.41 Å². The molecule has 0 bridgehead atoms. The van der Waals surface area contributed by atoms with Gasteiger partial charge in [0.05, 0.1) is 5.56 Å². The second kappa shape index (κ2) is 5.10. The topological polar surface area (TPSA) is 34.1 Å². The molecule has 17 heavy (non-hydrogen) atoms. The van der Waals surface area contributed by atoms with Gasteiger partial charge in [0.25, 0.3) is 0 Å². The van der Waals surface area contributed by atoms with Crippen LogP contribution in [-0.2, 0) is 4.57 Å². The molecule has 0 fully saturated rings. The molecular weight excluding hydrogens is 231 g/mol. The Labute approximate surface area is 104 Å². The maximum Gasteiger partial charge on any atom is 0.380 e. The zero-order valence-electron chi connectivity index (χ0n) is 11.2. The molecule has 1 unspecified atom stereocenters. The monoisotopic (exact) mass is 251 g/mol. The van der Waals surface area contributed by atoms with E-state index in [1.807, 2.05) is 46.8 Å². The van der Waals surface area contributed by atoms with Crippen LogP contribution >= 0.6 is 7.80 Å². The first kappa shape index (κ1) is 14.1. The molecule has 1 rings (SSSR count). The number of hydrogen-bond acceptors (Lipinski definition) is 2. The molecule has 0 aliphatic rings. The molecular formula is C14H20O2P+. The minimum Gasteiger partial charge on any atom is -0.293 e. The van der Waals surface area contributed by atoms with Gasteiger partial charge < -0.3 is 0 Å². The van der Waals surface area contributed by atoms with Crippen LogP contribution in [0.1, 0.15) is 45.0 Å². The highest BCUT2D eigenvalue weighted by atomic mass is 31.1. The Kier molecular flexibility index (Phi) is 4.21. The van der Waals surface area contributed by atoms with Crippen molar-refractivity contribution in [2.45, 2.75) is 40.3 Å². The molecule has 0 saturated heterocycles. The van der Waals surface area contributed by atoms with E-state index in [1.165, 1.54) is 0 Å². The van der Waals surface area contributed by atoms with Gasteiger partial charge >= 0.3 is 7.80 Å². The zero-order valence-corrected chi connectivity index (χ0v) is 12.0. The van der Waals surface area contributed by atoms with E-state index in [0.717, 1.165) is 0 Å². The average Bonchev–Trinajstić information content (AvgIpc) is 2.25. The molecule has 0 saturated carbocycles. The smallest absolute Gasteiger partial charge is 0.293 e. The van der Waals surface area contributed by atoms with E-state index in [9.17, 15) is 9.36 Å². The van der Waals surface area contributed by atoms with E-state index in [4.69, 9.17) is 0 Å². The predicted octanol–water partition coefficient (Wildman–Crippen LogP) is 3.78. The predicted molar refractivity (Wildman–Crippen MR) is 72.6 cm³/mol. The third-order valence-corrected chi connectivity index (χ3v) is 4.34. The summed E-state index contributed by atoms with van der Waals surface area (Å²) in [5.41, 5.74) is 0.220. The summed E-state index contributed by atoms with van der Waals surface area (Å²) in [5.74, 6) is 0.0529. The van der Waals surface area contributed by atoms with Gasteiger partial charge in [-0.25, -0.2) is 0 Å². The van der Waals surface area contributed by atoms with Crippen LogP contribution in [0.3, 0.4) is 0 Å². The van der Waals surface area contributed by atoms with Crippen LogP contribution in [0.15, 0.2) is 24.3 Å². The fraction of sp³-hybridized carbons (Fsp3) is 0.500. The highest BCUT2D eigenvalue weighted by Crippen LogP contribution is 2.30. The van der Waals surface area contributed by atoms with Crippen molar-refractivity contribution >= 4 is 18.9 Å². The van der Waals surface area contributed by atoms with Crippen molar-refractivity contribution < 1.29 is 9.36 Å². The van der Waals surface area contributed by atoms with Gasteiger partial charge in [0.1, 0.15) is 0 Å². The first-order chi connectivity index (χ1) is 7.75. The SMILES string of the molecule is CC(C)[P+](=O)c1ccccc1C(=O)C(C)(C)C. The molecule has 0 spiro atoms. The summed E-state index contributed by atoms with van der Waals surface area (Å²) in [6, 6.07) is 7.24. The Morgan fingerprint density at radius 1 is 1.18 bits per heavy atom. The minimum absolute atomic E-state index is 0.0529. The summed E-state index contributed by atoms with van der Waals surface area (Å²) in [5, 5.41) is 0.692. The van der Waals surface area contributed by atoms with E-state index in [1.54, 1.807) is 12.1 Å². The lowest BCUT2D eigenvalue weighted by molar-refractivity contribution is 0.0859. The number of ketones is 1. The van der Waals surface area contributed by atoms with Crippen LogP contribution in [0.5, 0.6) is 0 Å². The zero-order chi connectivity index (χ0) is 13.2. The Balaban J connectivity index is 3.27. The molecule has 0 radical (unpaired) electrons. The summed E-state index contributed by atoms with van der Waals surface area (Å²) < 4.78 is 12.2.